The predicted molar refractivity (Wildman–Crippen MR) is 82.1 cm³/mol. The van der Waals surface area contributed by atoms with Gasteiger partial charge < -0.3 is 4.74 Å². The van der Waals surface area contributed by atoms with Gasteiger partial charge in [0, 0.05) is 17.7 Å². The summed E-state index contributed by atoms with van der Waals surface area (Å²) >= 11 is 1.77. The molecule has 3 nitrogen and oxygen atoms in total. The highest BCUT2D eigenvalue weighted by Gasteiger charge is 2.23. The lowest BCUT2D eigenvalue weighted by atomic mass is 9.80. The highest BCUT2D eigenvalue weighted by atomic mass is 32.1. The number of aromatic nitrogens is 1. The van der Waals surface area contributed by atoms with Crippen molar-refractivity contribution < 1.29 is 9.53 Å². The molecule has 0 amide bonds. The first kappa shape index (κ1) is 15.5. The maximum atomic E-state index is 11.1. The van der Waals surface area contributed by atoms with E-state index in [2.05, 4.69) is 17.0 Å². The molecule has 0 atom stereocenters. The molecule has 112 valence electrons. The molecular weight excluding hydrogens is 270 g/mol. The molecule has 4 heteroatoms. The summed E-state index contributed by atoms with van der Waals surface area (Å²) in [5, 5.41) is 3.39. The van der Waals surface area contributed by atoms with Crippen molar-refractivity contribution in [1.29, 1.82) is 0 Å². The van der Waals surface area contributed by atoms with Crippen LogP contribution in [0.3, 0.4) is 0 Å². The molecule has 1 aromatic heterocycles. The van der Waals surface area contributed by atoms with Crippen LogP contribution < -0.4 is 0 Å². The maximum Gasteiger partial charge on any atom is 0.305 e. The van der Waals surface area contributed by atoms with Gasteiger partial charge in [-0.3, -0.25) is 4.79 Å². The van der Waals surface area contributed by atoms with Crippen molar-refractivity contribution >= 4 is 17.3 Å². The molecule has 0 saturated heterocycles. The molecule has 1 saturated carbocycles. The van der Waals surface area contributed by atoms with Gasteiger partial charge in [-0.05, 0) is 31.6 Å². The molecule has 1 aromatic rings. The van der Waals surface area contributed by atoms with Crippen molar-refractivity contribution in [1.82, 2.24) is 4.98 Å². The molecule has 1 aliphatic carbocycles. The molecule has 0 bridgehead atoms. The molecule has 0 spiro atoms. The Morgan fingerprint density at radius 3 is 2.80 bits per heavy atom. The van der Waals surface area contributed by atoms with Gasteiger partial charge in [-0.15, -0.1) is 11.3 Å². The summed E-state index contributed by atoms with van der Waals surface area (Å²) in [7, 11) is 1.43. The zero-order valence-electron chi connectivity index (χ0n) is 12.6. The largest absolute Gasteiger partial charge is 0.469 e. The van der Waals surface area contributed by atoms with Crippen LogP contribution in [0, 0.1) is 5.92 Å². The number of ether oxygens (including phenoxy) is 1. The molecule has 0 N–H and O–H groups in total. The van der Waals surface area contributed by atoms with Crippen molar-refractivity contribution in [3.8, 4) is 0 Å². The van der Waals surface area contributed by atoms with E-state index in [0.717, 1.165) is 11.6 Å². The number of nitrogens with zero attached hydrogens (tertiary/aromatic N) is 1. The second-order valence-electron chi connectivity index (χ2n) is 5.76. The molecule has 2 rings (SSSR count). The maximum absolute atomic E-state index is 11.1. The molecule has 1 heterocycles. The van der Waals surface area contributed by atoms with Crippen LogP contribution in [0.1, 0.15) is 68.5 Å². The zero-order chi connectivity index (χ0) is 14.4. The number of carbonyl (C=O) groups is 1. The Balaban J connectivity index is 1.82. The van der Waals surface area contributed by atoms with Crippen LogP contribution in [0.25, 0.3) is 0 Å². The molecule has 0 unspecified atom stereocenters. The number of rotatable bonds is 6. The lowest BCUT2D eigenvalue weighted by Crippen LogP contribution is -2.13. The first-order valence-electron chi connectivity index (χ1n) is 7.74. The van der Waals surface area contributed by atoms with E-state index in [4.69, 9.17) is 4.98 Å². The number of carbonyl (C=O) groups excluding carboxylic acids is 1. The topological polar surface area (TPSA) is 39.2 Å². The summed E-state index contributed by atoms with van der Waals surface area (Å²) in [6, 6.07) is 0. The Kier molecular flexibility index (Phi) is 6.02. The highest BCUT2D eigenvalue weighted by molar-refractivity contribution is 7.09. The summed E-state index contributed by atoms with van der Waals surface area (Å²) in [4.78, 5) is 15.9. The number of hydrogen-bond donors (Lipinski definition) is 0. The van der Waals surface area contributed by atoms with E-state index in [1.807, 2.05) is 0 Å². The summed E-state index contributed by atoms with van der Waals surface area (Å²) in [6.45, 7) is 2.28. The quantitative estimate of drug-likeness (QED) is 0.734. The fourth-order valence-corrected chi connectivity index (χ4v) is 4.09. The smallest absolute Gasteiger partial charge is 0.305 e. The van der Waals surface area contributed by atoms with Crippen LogP contribution in [-0.2, 0) is 16.0 Å². The Morgan fingerprint density at radius 2 is 2.15 bits per heavy atom. The average Bonchev–Trinajstić information content (AvgIpc) is 2.95. The first-order valence-corrected chi connectivity index (χ1v) is 8.62. The van der Waals surface area contributed by atoms with Crippen molar-refractivity contribution in [2.75, 3.05) is 7.11 Å². The van der Waals surface area contributed by atoms with Crippen LogP contribution in [0.15, 0.2) is 5.38 Å². The molecule has 1 aliphatic rings. The SMILES string of the molecule is CCCC1CCC(c2nc(CCC(=O)OC)cs2)CC1. The van der Waals surface area contributed by atoms with Gasteiger partial charge in [-0.2, -0.15) is 0 Å². The monoisotopic (exact) mass is 295 g/mol. The molecule has 1 fully saturated rings. The summed E-state index contributed by atoms with van der Waals surface area (Å²) < 4.78 is 4.67. The standard InChI is InChI=1S/C16H25NO2S/c1-3-4-12-5-7-13(8-6-12)16-17-14(11-20-16)9-10-15(18)19-2/h11-13H,3-10H2,1-2H3. The second-order valence-corrected chi connectivity index (χ2v) is 6.65. The lowest BCUT2D eigenvalue weighted by Gasteiger charge is -2.26. The van der Waals surface area contributed by atoms with Crippen molar-refractivity contribution in [2.45, 2.75) is 64.2 Å². The summed E-state index contributed by atoms with van der Waals surface area (Å²) in [6.07, 6.45) is 9.12. The van der Waals surface area contributed by atoms with Crippen LogP contribution in [0.2, 0.25) is 0 Å². The summed E-state index contributed by atoms with van der Waals surface area (Å²) in [5.41, 5.74) is 1.05. The summed E-state index contributed by atoms with van der Waals surface area (Å²) in [5.74, 6) is 1.44. The second kappa shape index (κ2) is 7.77. The number of aryl methyl sites for hydroxylation is 1. The van der Waals surface area contributed by atoms with Gasteiger partial charge >= 0.3 is 5.97 Å². The van der Waals surface area contributed by atoms with Gasteiger partial charge in [0.05, 0.1) is 24.2 Å². The van der Waals surface area contributed by atoms with E-state index >= 15 is 0 Å². The third-order valence-corrected chi connectivity index (χ3v) is 5.33. The molecule has 0 radical (unpaired) electrons. The van der Waals surface area contributed by atoms with Gasteiger partial charge in [-0.1, -0.05) is 19.8 Å². The minimum Gasteiger partial charge on any atom is -0.469 e. The van der Waals surface area contributed by atoms with E-state index in [9.17, 15) is 4.79 Å². The number of methoxy groups -OCH3 is 1. The van der Waals surface area contributed by atoms with Crippen LogP contribution in [0.4, 0.5) is 0 Å². The molecule has 20 heavy (non-hydrogen) atoms. The van der Waals surface area contributed by atoms with Crippen molar-refractivity contribution in [2.24, 2.45) is 5.92 Å². The Morgan fingerprint density at radius 1 is 1.40 bits per heavy atom. The van der Waals surface area contributed by atoms with Crippen LogP contribution in [0.5, 0.6) is 0 Å². The zero-order valence-corrected chi connectivity index (χ0v) is 13.4. The predicted octanol–water partition coefficient (Wildman–Crippen LogP) is 4.32. The lowest BCUT2D eigenvalue weighted by molar-refractivity contribution is -0.140. The molecular formula is C16H25NO2S. The van der Waals surface area contributed by atoms with Crippen LogP contribution in [-0.4, -0.2) is 18.1 Å². The van der Waals surface area contributed by atoms with E-state index in [1.54, 1.807) is 11.3 Å². The van der Waals surface area contributed by atoms with Crippen molar-refractivity contribution in [3.05, 3.63) is 16.1 Å². The van der Waals surface area contributed by atoms with Crippen LogP contribution >= 0.6 is 11.3 Å². The third kappa shape index (κ3) is 4.30. The van der Waals surface area contributed by atoms with E-state index in [1.165, 1.54) is 50.6 Å². The average molecular weight is 295 g/mol. The van der Waals surface area contributed by atoms with E-state index < -0.39 is 0 Å². The Bertz CT molecular complexity index is 422. The molecule has 0 aromatic carbocycles. The van der Waals surface area contributed by atoms with Gasteiger partial charge in [-0.25, -0.2) is 4.98 Å². The normalized spacial score (nSPS) is 22.7. The fraction of sp³-hybridized carbons (Fsp3) is 0.750. The van der Waals surface area contributed by atoms with Crippen molar-refractivity contribution in [3.63, 3.8) is 0 Å². The molecule has 0 aliphatic heterocycles. The van der Waals surface area contributed by atoms with Gasteiger partial charge in [0.15, 0.2) is 0 Å². The third-order valence-electron chi connectivity index (χ3n) is 4.28. The highest BCUT2D eigenvalue weighted by Crippen LogP contribution is 2.38. The Labute approximate surface area is 125 Å². The first-order chi connectivity index (χ1) is 9.72. The van der Waals surface area contributed by atoms with E-state index in [0.29, 0.717) is 18.8 Å². The van der Waals surface area contributed by atoms with Gasteiger partial charge in [0.1, 0.15) is 0 Å². The minimum atomic E-state index is -0.153. The van der Waals surface area contributed by atoms with Gasteiger partial charge in [0.2, 0.25) is 0 Å². The number of thiazole rings is 1. The number of hydrogen-bond acceptors (Lipinski definition) is 4. The van der Waals surface area contributed by atoms with E-state index in [-0.39, 0.29) is 5.97 Å². The minimum absolute atomic E-state index is 0.153. The fourth-order valence-electron chi connectivity index (χ4n) is 3.06. The van der Waals surface area contributed by atoms with Gasteiger partial charge in [0.25, 0.3) is 0 Å². The Hall–Kier alpha value is -0.900. The number of esters is 1.